The zero-order valence-electron chi connectivity index (χ0n) is 10.1. The summed E-state index contributed by atoms with van der Waals surface area (Å²) in [6.07, 6.45) is 7.74. The van der Waals surface area contributed by atoms with Gasteiger partial charge in [-0.15, -0.1) is 12.4 Å². The van der Waals surface area contributed by atoms with Gasteiger partial charge in [0.25, 0.3) is 0 Å². The molecule has 0 bridgehead atoms. The molecule has 0 unspecified atom stereocenters. The molecule has 1 aliphatic rings. The summed E-state index contributed by atoms with van der Waals surface area (Å²) in [7, 11) is 0. The molecule has 2 nitrogen and oxygen atoms in total. The van der Waals surface area contributed by atoms with E-state index in [-0.39, 0.29) is 18.0 Å². The molecule has 0 amide bonds. The third-order valence-electron chi connectivity index (χ3n) is 2.98. The van der Waals surface area contributed by atoms with Gasteiger partial charge in [0.05, 0.1) is 5.56 Å². The molecule has 0 aliphatic carbocycles. The van der Waals surface area contributed by atoms with Crippen LogP contribution in [0.3, 0.4) is 0 Å². The third-order valence-corrected chi connectivity index (χ3v) is 2.98. The van der Waals surface area contributed by atoms with Crippen LogP contribution in [0.4, 0.5) is 4.39 Å². The summed E-state index contributed by atoms with van der Waals surface area (Å²) < 4.78 is 13.1. The molecular weight excluding hydrogens is 251 g/mol. The molecule has 1 fully saturated rings. The Hall–Kier alpha value is -1.53. The summed E-state index contributed by atoms with van der Waals surface area (Å²) in [5.41, 5.74) is 0.972. The summed E-state index contributed by atoms with van der Waals surface area (Å²) in [4.78, 5) is 2.26. The quantitative estimate of drug-likeness (QED) is 0.818. The number of piperidine rings is 1. The maximum Gasteiger partial charge on any atom is 0.140 e. The number of nitrogens with zero attached hydrogens (tertiary/aromatic N) is 2. The second-order valence-corrected chi connectivity index (χ2v) is 4.26. The molecule has 2 rings (SSSR count). The van der Waals surface area contributed by atoms with Crippen LogP contribution in [0.1, 0.15) is 30.4 Å². The van der Waals surface area contributed by atoms with E-state index in [1.54, 1.807) is 12.1 Å². The Kier molecular flexibility index (Phi) is 5.67. The highest BCUT2D eigenvalue weighted by Crippen LogP contribution is 2.13. The summed E-state index contributed by atoms with van der Waals surface area (Å²) in [6.45, 7) is 2.17. The van der Waals surface area contributed by atoms with E-state index >= 15 is 0 Å². The summed E-state index contributed by atoms with van der Waals surface area (Å²) >= 11 is 0. The number of likely N-dealkylation sites (tertiary alicyclic amines) is 1. The van der Waals surface area contributed by atoms with Crippen LogP contribution in [0.25, 0.3) is 6.08 Å². The van der Waals surface area contributed by atoms with Gasteiger partial charge < -0.3 is 4.90 Å². The van der Waals surface area contributed by atoms with E-state index in [4.69, 9.17) is 5.26 Å². The van der Waals surface area contributed by atoms with E-state index in [1.807, 2.05) is 18.3 Å². The van der Waals surface area contributed by atoms with E-state index in [2.05, 4.69) is 4.90 Å². The first-order chi connectivity index (χ1) is 8.29. The van der Waals surface area contributed by atoms with Crippen molar-refractivity contribution in [2.75, 3.05) is 13.1 Å². The number of hydrogen-bond donors (Lipinski definition) is 0. The molecule has 4 heteroatoms. The van der Waals surface area contributed by atoms with E-state index in [0.717, 1.165) is 18.7 Å². The molecule has 0 N–H and O–H groups in total. The van der Waals surface area contributed by atoms with Crippen molar-refractivity contribution in [3.8, 4) is 6.07 Å². The molecule has 1 heterocycles. The van der Waals surface area contributed by atoms with Gasteiger partial charge in [-0.3, -0.25) is 0 Å². The maximum atomic E-state index is 13.1. The van der Waals surface area contributed by atoms with Crippen molar-refractivity contribution in [3.05, 3.63) is 41.3 Å². The average molecular weight is 267 g/mol. The molecule has 0 radical (unpaired) electrons. The van der Waals surface area contributed by atoms with Gasteiger partial charge in [-0.25, -0.2) is 4.39 Å². The fraction of sp³-hybridized carbons (Fsp3) is 0.357. The average Bonchev–Trinajstić information content (AvgIpc) is 2.39. The maximum absolute atomic E-state index is 13.1. The Morgan fingerprint density at radius 1 is 1.22 bits per heavy atom. The lowest BCUT2D eigenvalue weighted by Crippen LogP contribution is -2.23. The van der Waals surface area contributed by atoms with Crippen molar-refractivity contribution in [2.45, 2.75) is 19.3 Å². The van der Waals surface area contributed by atoms with Gasteiger partial charge in [-0.2, -0.15) is 5.26 Å². The second kappa shape index (κ2) is 7.03. The monoisotopic (exact) mass is 266 g/mol. The molecule has 1 saturated heterocycles. The van der Waals surface area contributed by atoms with Gasteiger partial charge >= 0.3 is 0 Å². The molecule has 96 valence electrons. The van der Waals surface area contributed by atoms with Crippen LogP contribution in [-0.2, 0) is 0 Å². The van der Waals surface area contributed by atoms with Crippen LogP contribution < -0.4 is 0 Å². The predicted octanol–water partition coefficient (Wildman–Crippen LogP) is 3.58. The highest BCUT2D eigenvalue weighted by atomic mass is 35.5. The minimum Gasteiger partial charge on any atom is -0.377 e. The van der Waals surface area contributed by atoms with Crippen LogP contribution in [0.5, 0.6) is 0 Å². The highest BCUT2D eigenvalue weighted by molar-refractivity contribution is 5.85. The minimum absolute atomic E-state index is 0. The third kappa shape index (κ3) is 3.75. The van der Waals surface area contributed by atoms with Crippen LogP contribution >= 0.6 is 12.4 Å². The Morgan fingerprint density at radius 2 is 1.94 bits per heavy atom. The molecular formula is C14H16ClFN2. The van der Waals surface area contributed by atoms with Crippen molar-refractivity contribution in [1.29, 1.82) is 5.26 Å². The number of halogens is 2. The Labute approximate surface area is 113 Å². The Bertz CT molecular complexity index is 459. The molecule has 1 aromatic rings. The van der Waals surface area contributed by atoms with E-state index in [9.17, 15) is 4.39 Å². The highest BCUT2D eigenvalue weighted by Gasteiger charge is 2.05. The molecule has 18 heavy (non-hydrogen) atoms. The first-order valence-electron chi connectivity index (χ1n) is 5.91. The molecule has 1 aromatic carbocycles. The van der Waals surface area contributed by atoms with Crippen LogP contribution in [0.15, 0.2) is 24.4 Å². The first-order valence-corrected chi connectivity index (χ1v) is 5.91. The van der Waals surface area contributed by atoms with Crippen LogP contribution in [-0.4, -0.2) is 18.0 Å². The summed E-state index contributed by atoms with van der Waals surface area (Å²) in [6, 6.07) is 6.46. The predicted molar refractivity (Wildman–Crippen MR) is 72.8 cm³/mol. The first kappa shape index (κ1) is 14.5. The van der Waals surface area contributed by atoms with Gasteiger partial charge in [0, 0.05) is 13.1 Å². The van der Waals surface area contributed by atoms with Gasteiger partial charge in [-0.1, -0.05) is 6.07 Å². The van der Waals surface area contributed by atoms with Gasteiger partial charge in [-0.05, 0) is 49.2 Å². The van der Waals surface area contributed by atoms with Crippen LogP contribution in [0.2, 0.25) is 0 Å². The Morgan fingerprint density at radius 3 is 2.61 bits per heavy atom. The van der Waals surface area contributed by atoms with Crippen molar-refractivity contribution >= 4 is 18.5 Å². The zero-order chi connectivity index (χ0) is 12.1. The van der Waals surface area contributed by atoms with Crippen molar-refractivity contribution in [3.63, 3.8) is 0 Å². The summed E-state index contributed by atoms with van der Waals surface area (Å²) in [5.74, 6) is -0.456. The largest absolute Gasteiger partial charge is 0.377 e. The van der Waals surface area contributed by atoms with E-state index in [1.165, 1.54) is 25.3 Å². The number of benzene rings is 1. The van der Waals surface area contributed by atoms with Gasteiger partial charge in [0.15, 0.2) is 0 Å². The fourth-order valence-corrected chi connectivity index (χ4v) is 1.99. The smallest absolute Gasteiger partial charge is 0.140 e. The van der Waals surface area contributed by atoms with Gasteiger partial charge in [0.2, 0.25) is 0 Å². The lowest BCUT2D eigenvalue weighted by molar-refractivity contribution is 0.311. The van der Waals surface area contributed by atoms with E-state index in [0.29, 0.717) is 0 Å². The lowest BCUT2D eigenvalue weighted by Gasteiger charge is -2.24. The molecule has 0 spiro atoms. The summed E-state index contributed by atoms with van der Waals surface area (Å²) in [5, 5.41) is 8.74. The fourth-order valence-electron chi connectivity index (χ4n) is 1.99. The van der Waals surface area contributed by atoms with Crippen LogP contribution in [0, 0.1) is 17.1 Å². The topological polar surface area (TPSA) is 27.0 Å². The zero-order valence-corrected chi connectivity index (χ0v) is 10.9. The van der Waals surface area contributed by atoms with Crippen molar-refractivity contribution < 1.29 is 4.39 Å². The second-order valence-electron chi connectivity index (χ2n) is 4.26. The minimum atomic E-state index is -0.456. The SMILES string of the molecule is Cl.N#Cc1cc(/C=C/N2CCCCC2)ccc1F. The molecule has 0 atom stereocenters. The molecule has 1 aliphatic heterocycles. The number of hydrogen-bond acceptors (Lipinski definition) is 2. The van der Waals surface area contributed by atoms with Crippen molar-refractivity contribution in [2.24, 2.45) is 0 Å². The lowest BCUT2D eigenvalue weighted by atomic mass is 10.1. The number of nitriles is 1. The van der Waals surface area contributed by atoms with Crippen molar-refractivity contribution in [1.82, 2.24) is 4.90 Å². The molecule has 0 aromatic heterocycles. The molecule has 0 saturated carbocycles. The Balaban J connectivity index is 0.00000162. The standard InChI is InChI=1S/C14H15FN2.ClH/c15-14-5-4-12(10-13(14)11-16)6-9-17-7-2-1-3-8-17;/h4-6,9-10H,1-3,7-8H2;1H/b9-6+;. The normalized spacial score (nSPS) is 15.2. The van der Waals surface area contributed by atoms with Gasteiger partial charge in [0.1, 0.15) is 11.9 Å². The number of rotatable bonds is 2. The van der Waals surface area contributed by atoms with E-state index < -0.39 is 5.82 Å².